The minimum absolute atomic E-state index is 0.582. The van der Waals surface area contributed by atoms with Gasteiger partial charge in [0.2, 0.25) is 0 Å². The van der Waals surface area contributed by atoms with Crippen LogP contribution in [0.15, 0.2) is 0 Å². The Morgan fingerprint density at radius 2 is 1.57 bits per heavy atom. The Kier molecular flexibility index (Phi) is 10.7. The van der Waals surface area contributed by atoms with Crippen molar-refractivity contribution in [1.82, 2.24) is 0 Å². The van der Waals surface area contributed by atoms with Crippen molar-refractivity contribution in [2.24, 2.45) is 5.92 Å². The van der Waals surface area contributed by atoms with Gasteiger partial charge in [0.05, 0.1) is 19.4 Å². The van der Waals surface area contributed by atoms with E-state index in [-0.39, 0.29) is 0 Å². The Hall–Kier alpha value is 0.150. The molecule has 0 N–H and O–H groups in total. The smallest absolute Gasteiger partial charge is 0.309 e. The third kappa shape index (κ3) is 9.01. The highest BCUT2D eigenvalue weighted by molar-refractivity contribution is 7.53. The summed E-state index contributed by atoms with van der Waals surface area (Å²) in [6.07, 6.45) is 13.6. The van der Waals surface area contributed by atoms with E-state index in [0.29, 0.717) is 19.4 Å². The van der Waals surface area contributed by atoms with Crippen LogP contribution in [-0.2, 0) is 13.6 Å². The van der Waals surface area contributed by atoms with Crippen molar-refractivity contribution >= 4 is 7.60 Å². The van der Waals surface area contributed by atoms with E-state index in [1.165, 1.54) is 32.1 Å². The lowest BCUT2D eigenvalue weighted by Crippen LogP contribution is -2.10. The Labute approximate surface area is 131 Å². The van der Waals surface area contributed by atoms with Crippen LogP contribution in [0.3, 0.4) is 0 Å². The summed E-state index contributed by atoms with van der Waals surface area (Å²) in [6, 6.07) is 0. The predicted molar refractivity (Wildman–Crippen MR) is 90.0 cm³/mol. The van der Waals surface area contributed by atoms with Crippen molar-refractivity contribution in [3.8, 4) is 0 Å². The highest BCUT2D eigenvalue weighted by Crippen LogP contribution is 2.49. The standard InChI is InChI=1S/C17H35O3P/c1-3-5-10-14-19-21(18,16-6-4-2)20-15-13-17-11-8-7-9-12-17/h17H,3-16H2,1-2H3. The molecule has 1 fully saturated rings. The van der Waals surface area contributed by atoms with E-state index < -0.39 is 7.60 Å². The third-order valence-electron chi connectivity index (χ3n) is 4.36. The first-order chi connectivity index (χ1) is 10.2. The summed E-state index contributed by atoms with van der Waals surface area (Å²) in [4.78, 5) is 0. The molecule has 0 aromatic carbocycles. The predicted octanol–water partition coefficient (Wildman–Crippen LogP) is 6.17. The van der Waals surface area contributed by atoms with Crippen LogP contribution in [0.4, 0.5) is 0 Å². The zero-order valence-corrected chi connectivity index (χ0v) is 15.0. The third-order valence-corrected chi connectivity index (χ3v) is 6.38. The SMILES string of the molecule is CCCCCOP(=O)(CCCC)OCCC1CCCCC1. The van der Waals surface area contributed by atoms with Gasteiger partial charge < -0.3 is 9.05 Å². The normalized spacial score (nSPS) is 19.5. The molecule has 0 aliphatic heterocycles. The quantitative estimate of drug-likeness (QED) is 0.319. The first-order valence-corrected chi connectivity index (χ1v) is 10.8. The zero-order chi connectivity index (χ0) is 15.4. The maximum Gasteiger partial charge on any atom is 0.330 e. The second kappa shape index (κ2) is 11.7. The topological polar surface area (TPSA) is 35.5 Å². The average molecular weight is 318 g/mol. The minimum atomic E-state index is -2.84. The number of unbranched alkanes of at least 4 members (excludes halogenated alkanes) is 3. The molecule has 0 amide bonds. The van der Waals surface area contributed by atoms with E-state index >= 15 is 0 Å². The maximum absolute atomic E-state index is 12.7. The number of hydrogen-bond donors (Lipinski definition) is 0. The second-order valence-corrected chi connectivity index (χ2v) is 8.54. The lowest BCUT2D eigenvalue weighted by molar-refractivity contribution is 0.182. The van der Waals surface area contributed by atoms with Gasteiger partial charge in [-0.1, -0.05) is 65.2 Å². The van der Waals surface area contributed by atoms with Crippen LogP contribution in [0.1, 0.15) is 84.5 Å². The highest BCUT2D eigenvalue weighted by atomic mass is 31.2. The number of hydrogen-bond acceptors (Lipinski definition) is 3. The maximum atomic E-state index is 12.7. The van der Waals surface area contributed by atoms with Crippen molar-refractivity contribution in [3.63, 3.8) is 0 Å². The summed E-state index contributed by atoms with van der Waals surface area (Å²) in [7, 11) is -2.84. The zero-order valence-electron chi connectivity index (χ0n) is 14.1. The summed E-state index contributed by atoms with van der Waals surface area (Å²) in [6.45, 7) is 5.47. The van der Waals surface area contributed by atoms with Gasteiger partial charge in [-0.25, -0.2) is 0 Å². The molecule has 1 unspecified atom stereocenters. The lowest BCUT2D eigenvalue weighted by Gasteiger charge is -2.23. The van der Waals surface area contributed by atoms with Gasteiger partial charge in [0.25, 0.3) is 0 Å². The van der Waals surface area contributed by atoms with Crippen molar-refractivity contribution in [2.75, 3.05) is 19.4 Å². The summed E-state index contributed by atoms with van der Waals surface area (Å²) >= 11 is 0. The molecule has 0 radical (unpaired) electrons. The fraction of sp³-hybridized carbons (Fsp3) is 1.00. The molecule has 1 atom stereocenters. The van der Waals surface area contributed by atoms with Crippen LogP contribution in [0.25, 0.3) is 0 Å². The molecule has 21 heavy (non-hydrogen) atoms. The molecule has 0 saturated heterocycles. The minimum Gasteiger partial charge on any atom is -0.309 e. The van der Waals surface area contributed by atoms with Crippen molar-refractivity contribution in [2.45, 2.75) is 84.5 Å². The molecule has 3 nitrogen and oxygen atoms in total. The van der Waals surface area contributed by atoms with Crippen LogP contribution >= 0.6 is 7.60 Å². The second-order valence-electron chi connectivity index (χ2n) is 6.35. The van der Waals surface area contributed by atoms with Gasteiger partial charge in [0, 0.05) is 0 Å². The van der Waals surface area contributed by atoms with Gasteiger partial charge in [-0.3, -0.25) is 4.57 Å². The van der Waals surface area contributed by atoms with Gasteiger partial charge in [0.15, 0.2) is 0 Å². The van der Waals surface area contributed by atoms with Gasteiger partial charge in [-0.05, 0) is 25.2 Å². The van der Waals surface area contributed by atoms with Crippen molar-refractivity contribution in [3.05, 3.63) is 0 Å². The Bertz CT molecular complexity index is 288. The first-order valence-electron chi connectivity index (χ1n) is 9.08. The molecule has 1 aliphatic carbocycles. The monoisotopic (exact) mass is 318 g/mol. The van der Waals surface area contributed by atoms with E-state index in [1.54, 1.807) is 0 Å². The molecule has 1 saturated carbocycles. The molecule has 1 rings (SSSR count). The summed E-state index contributed by atoms with van der Waals surface area (Å²) < 4.78 is 24.1. The molecule has 126 valence electrons. The van der Waals surface area contributed by atoms with Crippen LogP contribution in [0, 0.1) is 5.92 Å². The highest BCUT2D eigenvalue weighted by Gasteiger charge is 2.24. The van der Waals surface area contributed by atoms with Gasteiger partial charge in [-0.15, -0.1) is 0 Å². The van der Waals surface area contributed by atoms with Crippen LogP contribution in [0.5, 0.6) is 0 Å². The Morgan fingerprint density at radius 3 is 2.24 bits per heavy atom. The molecule has 1 aliphatic rings. The van der Waals surface area contributed by atoms with Crippen LogP contribution in [-0.4, -0.2) is 19.4 Å². The van der Waals surface area contributed by atoms with E-state index in [0.717, 1.165) is 44.4 Å². The van der Waals surface area contributed by atoms with E-state index in [4.69, 9.17) is 9.05 Å². The summed E-state index contributed by atoms with van der Waals surface area (Å²) in [5, 5.41) is 0. The van der Waals surface area contributed by atoms with Crippen molar-refractivity contribution < 1.29 is 13.6 Å². The molecule has 4 heteroatoms. The number of rotatable bonds is 12. The summed E-state index contributed by atoms with van der Waals surface area (Å²) in [5.74, 6) is 0.776. The molecule has 0 aromatic rings. The van der Waals surface area contributed by atoms with Gasteiger partial charge >= 0.3 is 7.60 Å². The Morgan fingerprint density at radius 1 is 0.905 bits per heavy atom. The average Bonchev–Trinajstić information content (AvgIpc) is 2.51. The molecule has 0 bridgehead atoms. The molecular formula is C17H35O3P. The molecule has 0 heterocycles. The molecule has 0 spiro atoms. The van der Waals surface area contributed by atoms with E-state index in [9.17, 15) is 4.57 Å². The molecule has 0 aromatic heterocycles. The largest absolute Gasteiger partial charge is 0.330 e. The summed E-state index contributed by atoms with van der Waals surface area (Å²) in [5.41, 5.74) is 0. The van der Waals surface area contributed by atoms with Crippen molar-refractivity contribution in [1.29, 1.82) is 0 Å². The van der Waals surface area contributed by atoms with Gasteiger partial charge in [0.1, 0.15) is 0 Å². The lowest BCUT2D eigenvalue weighted by atomic mass is 9.87. The Balaban J connectivity index is 2.27. The fourth-order valence-electron chi connectivity index (χ4n) is 2.91. The van der Waals surface area contributed by atoms with E-state index in [2.05, 4.69) is 13.8 Å². The van der Waals surface area contributed by atoms with Crippen LogP contribution < -0.4 is 0 Å². The van der Waals surface area contributed by atoms with Gasteiger partial charge in [-0.2, -0.15) is 0 Å². The fourth-order valence-corrected chi connectivity index (χ4v) is 4.74. The molecular weight excluding hydrogens is 283 g/mol. The first kappa shape index (κ1) is 19.2. The van der Waals surface area contributed by atoms with E-state index in [1.807, 2.05) is 0 Å². The van der Waals surface area contributed by atoms with Crippen LogP contribution in [0.2, 0.25) is 0 Å².